The Balaban J connectivity index is 0.00000123. The minimum atomic E-state index is -1.17. The van der Waals surface area contributed by atoms with Gasteiger partial charge in [0.2, 0.25) is 0 Å². The number of aliphatic hydroxyl groups is 7. The third kappa shape index (κ3) is 38.4. The van der Waals surface area contributed by atoms with E-state index >= 15 is 0 Å². The largest absolute Gasteiger partial charge is 0.508 e. The highest BCUT2D eigenvalue weighted by Crippen LogP contribution is 2.34. The van der Waals surface area contributed by atoms with Crippen LogP contribution in [0, 0.1) is 17.6 Å². The highest BCUT2D eigenvalue weighted by molar-refractivity contribution is 5.45. The van der Waals surface area contributed by atoms with Crippen LogP contribution in [-0.4, -0.2) is 153 Å². The van der Waals surface area contributed by atoms with Crippen LogP contribution in [0.15, 0.2) is 176 Å². The molecule has 0 heterocycles. The summed E-state index contributed by atoms with van der Waals surface area (Å²) in [5, 5.41) is 193. The fraction of sp³-hybridized carbons (Fsp3) is 0.341. The first-order chi connectivity index (χ1) is 52.8. The zero-order chi connectivity index (χ0) is 85.5. The number of nitrogens with two attached hydrogens (primary N) is 6. The normalized spacial score (nSPS) is 13.0. The number of aromatic hydroxyl groups is 14. The average Bonchev–Trinajstić information content (AvgIpc) is 0.839. The quantitative estimate of drug-likeness (QED) is 0.0297. The summed E-state index contributed by atoms with van der Waals surface area (Å²) >= 11 is 0. The van der Waals surface area contributed by atoms with Crippen molar-refractivity contribution in [3.05, 3.63) is 238 Å². The molecule has 620 valence electrons. The van der Waals surface area contributed by atoms with E-state index in [0.29, 0.717) is 67.3 Å². The van der Waals surface area contributed by atoms with E-state index < -0.39 is 71.6 Å². The Bertz CT molecular complexity index is 4040. The predicted molar refractivity (Wildman–Crippen MR) is 423 cm³/mol. The topological polar surface area (TPSA) is 581 Å². The molecule has 9 rings (SSSR count). The molecule has 3 unspecified atom stereocenters. The van der Waals surface area contributed by atoms with Crippen molar-refractivity contribution in [2.75, 3.05) is 33.4 Å². The van der Waals surface area contributed by atoms with Gasteiger partial charge in [0.05, 0.1) is 49.9 Å². The Labute approximate surface area is 650 Å². The van der Waals surface area contributed by atoms with Crippen molar-refractivity contribution in [2.24, 2.45) is 40.3 Å². The molecule has 0 radical (unpaired) electrons. The molecule has 0 saturated carbocycles. The molecule has 0 saturated heterocycles. The summed E-state index contributed by atoms with van der Waals surface area (Å²) in [6.45, 7) is 12.3. The van der Waals surface area contributed by atoms with Crippen LogP contribution in [0.2, 0.25) is 0 Å². The monoisotopic (exact) mass is 1570 g/mol. The van der Waals surface area contributed by atoms with Gasteiger partial charge in [-0.25, -0.2) is 8.78 Å². The first kappa shape index (κ1) is 101. The minimum absolute atomic E-state index is 0.0871. The van der Waals surface area contributed by atoms with Gasteiger partial charge >= 0.3 is 0 Å². The van der Waals surface area contributed by atoms with Crippen molar-refractivity contribution < 1.29 is 120 Å². The fourth-order valence-electron chi connectivity index (χ4n) is 9.31. The van der Waals surface area contributed by atoms with Crippen LogP contribution in [0.25, 0.3) is 0 Å². The molecule has 0 aromatic heterocycles. The van der Waals surface area contributed by atoms with Crippen LogP contribution in [0.5, 0.6) is 80.5 Å². The van der Waals surface area contributed by atoms with Gasteiger partial charge in [0, 0.05) is 42.9 Å². The van der Waals surface area contributed by atoms with Gasteiger partial charge in [-0.15, -0.1) is 0 Å². The van der Waals surface area contributed by atoms with E-state index in [9.17, 15) is 48.9 Å². The van der Waals surface area contributed by atoms with Crippen molar-refractivity contribution in [2.45, 2.75) is 141 Å². The van der Waals surface area contributed by atoms with Gasteiger partial charge in [0.1, 0.15) is 34.6 Å². The molecule has 0 amide bonds. The van der Waals surface area contributed by atoms with Gasteiger partial charge in [-0.05, 0) is 200 Å². The molecule has 0 aliphatic heterocycles. The Morgan fingerprint density at radius 1 is 0.321 bits per heavy atom. The van der Waals surface area contributed by atoms with Crippen molar-refractivity contribution in [1.29, 1.82) is 0 Å². The summed E-state index contributed by atoms with van der Waals surface area (Å²) in [6.07, 6.45) is 0.338. The Morgan fingerprint density at radius 3 is 0.991 bits per heavy atom. The molecule has 9 aromatic rings. The lowest BCUT2D eigenvalue weighted by Crippen LogP contribution is -2.24. The van der Waals surface area contributed by atoms with E-state index in [1.54, 1.807) is 98.8 Å². The third-order valence-corrected chi connectivity index (χ3v) is 15.9. The Morgan fingerprint density at radius 2 is 0.643 bits per heavy atom. The zero-order valence-corrected chi connectivity index (χ0v) is 63.8. The van der Waals surface area contributed by atoms with Crippen LogP contribution >= 0.6 is 0 Å². The number of hydrogen-bond acceptors (Lipinski definition) is 27. The van der Waals surface area contributed by atoms with E-state index in [0.717, 1.165) is 60.6 Å². The summed E-state index contributed by atoms with van der Waals surface area (Å²) < 4.78 is 35.4. The molecule has 112 heavy (non-hydrogen) atoms. The van der Waals surface area contributed by atoms with Crippen LogP contribution < -0.4 is 34.4 Å². The molecule has 10 atom stereocenters. The molecule has 0 bridgehead atoms. The number of phenolic OH excluding ortho intramolecular Hbond substituents is 14. The number of alkyl halides is 1. The molecular weight excluding hydrogens is 1460 g/mol. The smallest absolute Gasteiger partial charge is 0.160 e. The maximum Gasteiger partial charge on any atom is 0.160 e. The number of benzene rings is 9. The SMILES string of the molecule is CC(N)C(O)c1cccc(O)c1.CCC[C@H](O)c1ccc(O)c(O)c1.CCC[C@H](O)c1cccc(O)c1.CC[C@@H](C)[C@H](O)c1cccc(O)c1.C[18F].C[C@H](N)[C@H](O)c1cccc(O)c1.NCC(O)c1ccc(O)c(O)c1.NCCc1cc(O)c(O)cc1[18F].NCCc1ccc(O)c(O)c1.NC[C@H](O)c1cc(O)c(O)cc1[18F]. The van der Waals surface area contributed by atoms with E-state index in [2.05, 4.69) is 0 Å². The van der Waals surface area contributed by atoms with Crippen LogP contribution in [0.1, 0.15) is 166 Å². The summed E-state index contributed by atoms with van der Waals surface area (Å²) in [5.74, 6) is -3.21. The Kier molecular flexibility index (Phi) is 49.8. The molecule has 0 aliphatic carbocycles. The minimum Gasteiger partial charge on any atom is -0.508 e. The summed E-state index contributed by atoms with van der Waals surface area (Å²) in [4.78, 5) is 0. The molecule has 30 heteroatoms. The molecular formula is C82H115F3N6O21. The summed E-state index contributed by atoms with van der Waals surface area (Å²) in [7, 11) is 0.500. The molecule has 33 N–H and O–H groups in total. The summed E-state index contributed by atoms with van der Waals surface area (Å²) in [5.41, 5.74) is 36.9. The van der Waals surface area contributed by atoms with E-state index in [1.807, 2.05) is 39.8 Å². The molecule has 9 aromatic carbocycles. The lowest BCUT2D eigenvalue weighted by atomic mass is 9.95. The van der Waals surface area contributed by atoms with E-state index in [-0.39, 0.29) is 99.9 Å². The second-order valence-electron chi connectivity index (χ2n) is 25.1. The number of aliphatic hydroxyl groups excluding tert-OH is 7. The molecule has 27 nitrogen and oxygen atoms in total. The van der Waals surface area contributed by atoms with Crippen LogP contribution in [0.4, 0.5) is 13.2 Å². The first-order valence-corrected chi connectivity index (χ1v) is 35.4. The van der Waals surface area contributed by atoms with Crippen molar-refractivity contribution in [3.8, 4) is 80.5 Å². The van der Waals surface area contributed by atoms with Gasteiger partial charge in [-0.1, -0.05) is 114 Å². The molecule has 0 aliphatic rings. The van der Waals surface area contributed by atoms with Gasteiger partial charge in [0.25, 0.3) is 0 Å². The fourth-order valence-corrected chi connectivity index (χ4v) is 9.31. The highest BCUT2D eigenvalue weighted by Gasteiger charge is 2.18. The predicted octanol–water partition coefficient (Wildman–Crippen LogP) is 10.4. The second kappa shape index (κ2) is 55.0. The Hall–Kier alpha value is -10.6. The average molecular weight is 1570 g/mol. The van der Waals surface area contributed by atoms with Crippen LogP contribution in [0.3, 0.4) is 0 Å². The van der Waals surface area contributed by atoms with E-state index in [4.69, 9.17) is 106 Å². The zero-order valence-electron chi connectivity index (χ0n) is 63.8. The number of halogens is 3. The van der Waals surface area contributed by atoms with Gasteiger partial charge < -0.3 is 142 Å². The third-order valence-electron chi connectivity index (χ3n) is 15.9. The first-order valence-electron chi connectivity index (χ1n) is 35.4. The maximum atomic E-state index is 13.0. The lowest BCUT2D eigenvalue weighted by Gasteiger charge is -2.17. The van der Waals surface area contributed by atoms with Gasteiger partial charge in [-0.2, -0.15) is 0 Å². The maximum absolute atomic E-state index is 13.0. The number of rotatable bonds is 21. The summed E-state index contributed by atoms with van der Waals surface area (Å²) in [6, 6.07) is 42.7. The van der Waals surface area contributed by atoms with Crippen molar-refractivity contribution in [3.63, 3.8) is 0 Å². The lowest BCUT2D eigenvalue weighted by molar-refractivity contribution is 0.115. The van der Waals surface area contributed by atoms with Crippen LogP contribution in [-0.2, 0) is 12.8 Å². The second-order valence-corrected chi connectivity index (χ2v) is 25.1. The molecule has 0 fully saturated rings. The highest BCUT2D eigenvalue weighted by atomic mass is 18.2. The van der Waals surface area contributed by atoms with E-state index in [1.165, 1.54) is 60.7 Å². The van der Waals surface area contributed by atoms with Gasteiger partial charge in [0.15, 0.2) is 57.5 Å². The number of hydrogen-bond donors (Lipinski definition) is 27. The van der Waals surface area contributed by atoms with Gasteiger partial charge in [-0.3, -0.25) is 4.39 Å². The van der Waals surface area contributed by atoms with Crippen molar-refractivity contribution >= 4 is 0 Å². The number of phenols is 14. The van der Waals surface area contributed by atoms with Crippen molar-refractivity contribution in [1.82, 2.24) is 0 Å². The molecule has 0 spiro atoms. The standard InChI is InChI=1S/C11H16O2.C10H14O3.C10H14O2.2C9H13NO2.C8H10FNO3.C8H10FNO2.C8H11NO3.C8H11NO2.CH3F/c1-3-8(2)11(13)9-5-4-6-10(12)7-9;1-2-3-8(11)7-4-5-9(12)10(13)6-7;1-2-4-10(12)8-5-3-6-9(11)7-8;2*1-6(10)9(12)7-3-2-4-8(11)5-7;9-5-2-7(12)6(11)1-4(5)8(13)3-10;9-6-4-8(12)7(11)3-5(6)1-2-10;9-4-8(12)5-1-2-6(10)7(11)3-5;9-4-3-6-1-2-7(10)8(11)5-6;1-2/h4-8,11-13H,3H2,1-2H3;4-6,8,11-13H,2-3H2,1H3;3,5-7,10-12H,2,4H2,1H3;2*2-6,9,11-12H,10H2,1H3;1-2,8,11-13H,3,10H2;3-4,11-12H,1-2,10H2;1-3,8,10-12H,4,9H2;1-2,5,10-11H,3-4,9H2;1H3/t8-,11+;8-;10-;6-,9-;;8-;;;;/m1000.0..../s1/i;;;;;2*9-1;;;2-1.